The zero-order chi connectivity index (χ0) is 13.1. The van der Waals surface area contributed by atoms with Crippen LogP contribution in [-0.4, -0.2) is 17.1 Å². The second kappa shape index (κ2) is 9.92. The van der Waals surface area contributed by atoms with Gasteiger partial charge in [0.25, 0.3) is 0 Å². The van der Waals surface area contributed by atoms with E-state index in [1.54, 1.807) is 19.9 Å². The summed E-state index contributed by atoms with van der Waals surface area (Å²) in [5.74, 6) is -1.11. The van der Waals surface area contributed by atoms with Crippen LogP contribution in [0, 0.1) is 0 Å². The van der Waals surface area contributed by atoms with Crippen molar-refractivity contribution in [2.24, 2.45) is 5.73 Å². The van der Waals surface area contributed by atoms with Crippen LogP contribution in [0.4, 0.5) is 0 Å². The van der Waals surface area contributed by atoms with Crippen molar-refractivity contribution in [2.45, 2.75) is 33.6 Å². The third kappa shape index (κ3) is 10.5. The average molecular weight is 229 g/mol. The summed E-state index contributed by atoms with van der Waals surface area (Å²) in [6.07, 6.45) is 3.55. The van der Waals surface area contributed by atoms with Crippen molar-refractivity contribution in [3.05, 3.63) is 23.8 Å². The molecular weight excluding hydrogens is 210 g/mol. The number of hydrogen-bond donors (Lipinski definition) is 2. The Morgan fingerprint density at radius 2 is 1.88 bits per heavy atom. The predicted molar refractivity (Wildman–Crippen MR) is 61.4 cm³/mol. The van der Waals surface area contributed by atoms with Crippen LogP contribution in [0.2, 0.25) is 0 Å². The van der Waals surface area contributed by atoms with Crippen molar-refractivity contribution in [3.8, 4) is 0 Å². The Bertz CT molecular complexity index is 270. The van der Waals surface area contributed by atoms with Gasteiger partial charge < -0.3 is 5.73 Å². The van der Waals surface area contributed by atoms with Crippen LogP contribution in [0.3, 0.4) is 0 Å². The lowest BCUT2D eigenvalue weighted by Gasteiger charge is -1.93. The van der Waals surface area contributed by atoms with E-state index >= 15 is 0 Å². The molecule has 5 heteroatoms. The molecular formula is C11H19NO4. The van der Waals surface area contributed by atoms with E-state index in [0.29, 0.717) is 11.1 Å². The monoisotopic (exact) mass is 229 g/mol. The minimum Gasteiger partial charge on any atom is -0.366 e. The molecule has 0 rings (SSSR count). The minimum absolute atomic E-state index is 0.398. The molecule has 0 aromatic heterocycles. The highest BCUT2D eigenvalue weighted by molar-refractivity contribution is 5.90. The van der Waals surface area contributed by atoms with Crippen molar-refractivity contribution in [2.75, 3.05) is 0 Å². The lowest BCUT2D eigenvalue weighted by Crippen LogP contribution is -2.10. The van der Waals surface area contributed by atoms with E-state index in [0.717, 1.165) is 12.8 Å². The first-order valence-electron chi connectivity index (χ1n) is 4.84. The van der Waals surface area contributed by atoms with Gasteiger partial charge in [0, 0.05) is 11.1 Å². The van der Waals surface area contributed by atoms with Crippen molar-refractivity contribution in [3.63, 3.8) is 0 Å². The largest absolute Gasteiger partial charge is 0.368 e. The molecule has 0 fully saturated rings. The molecule has 16 heavy (non-hydrogen) atoms. The highest BCUT2D eigenvalue weighted by Crippen LogP contribution is 1.99. The summed E-state index contributed by atoms with van der Waals surface area (Å²) >= 11 is 0. The third-order valence-electron chi connectivity index (χ3n) is 1.56. The summed E-state index contributed by atoms with van der Waals surface area (Å²) in [4.78, 5) is 23.8. The second-order valence-electron chi connectivity index (χ2n) is 3.20. The molecule has 0 saturated carbocycles. The minimum atomic E-state index is -0.673. The molecule has 0 saturated heterocycles. The third-order valence-corrected chi connectivity index (χ3v) is 1.56. The summed E-state index contributed by atoms with van der Waals surface area (Å²) in [7, 11) is 0. The zero-order valence-corrected chi connectivity index (χ0v) is 9.95. The van der Waals surface area contributed by atoms with Crippen molar-refractivity contribution in [1.29, 1.82) is 0 Å². The molecule has 0 aliphatic rings. The van der Waals surface area contributed by atoms with Crippen LogP contribution in [0.5, 0.6) is 0 Å². The van der Waals surface area contributed by atoms with Gasteiger partial charge >= 0.3 is 5.97 Å². The quantitative estimate of drug-likeness (QED) is 0.437. The van der Waals surface area contributed by atoms with Gasteiger partial charge in [0.1, 0.15) is 0 Å². The summed E-state index contributed by atoms with van der Waals surface area (Å²) < 4.78 is 0. The van der Waals surface area contributed by atoms with E-state index in [-0.39, 0.29) is 0 Å². The van der Waals surface area contributed by atoms with Crippen LogP contribution in [0.15, 0.2) is 23.8 Å². The summed E-state index contributed by atoms with van der Waals surface area (Å²) in [6, 6.07) is 0. The molecule has 1 amide bonds. The van der Waals surface area contributed by atoms with E-state index < -0.39 is 11.9 Å². The van der Waals surface area contributed by atoms with Gasteiger partial charge in [-0.2, -0.15) is 5.26 Å². The maximum atomic E-state index is 10.5. The first-order valence-corrected chi connectivity index (χ1v) is 4.84. The van der Waals surface area contributed by atoms with Crippen LogP contribution in [0.1, 0.15) is 33.6 Å². The number of carbonyl (C=O) groups is 2. The highest BCUT2D eigenvalue weighted by Gasteiger charge is 2.02. The fourth-order valence-electron chi connectivity index (χ4n) is 0.516. The number of unbranched alkanes of at least 4 members (excludes halogenated alkanes) is 1. The zero-order valence-electron chi connectivity index (χ0n) is 9.95. The molecule has 3 N–H and O–H groups in total. The number of primary amides is 1. The van der Waals surface area contributed by atoms with Gasteiger partial charge in [-0.05, 0) is 20.3 Å². The van der Waals surface area contributed by atoms with Gasteiger partial charge in [-0.1, -0.05) is 26.0 Å². The highest BCUT2D eigenvalue weighted by atomic mass is 17.1. The summed E-state index contributed by atoms with van der Waals surface area (Å²) in [5.41, 5.74) is 5.54. The first kappa shape index (κ1) is 16.8. The van der Waals surface area contributed by atoms with Crippen LogP contribution < -0.4 is 5.73 Å². The number of allylic oxidation sites excluding steroid dienone is 1. The summed E-state index contributed by atoms with van der Waals surface area (Å²) in [6.45, 7) is 8.47. The molecule has 0 unspecified atom stereocenters. The lowest BCUT2D eigenvalue weighted by molar-refractivity contribution is -0.229. The first-order chi connectivity index (χ1) is 7.36. The molecule has 0 atom stereocenters. The molecule has 0 aliphatic heterocycles. The Kier molecular flexibility index (Phi) is 10.4. The van der Waals surface area contributed by atoms with E-state index in [2.05, 4.69) is 11.5 Å². The number of amides is 1. The Hall–Kier alpha value is -1.62. The molecule has 0 heterocycles. The van der Waals surface area contributed by atoms with Crippen molar-refractivity contribution >= 4 is 11.9 Å². The van der Waals surface area contributed by atoms with Crippen LogP contribution >= 0.6 is 0 Å². The van der Waals surface area contributed by atoms with Crippen LogP contribution in [-0.2, 0) is 14.5 Å². The number of hydrogen-bond acceptors (Lipinski definition) is 4. The molecule has 5 nitrogen and oxygen atoms in total. The van der Waals surface area contributed by atoms with E-state index in [4.69, 9.17) is 11.0 Å². The van der Waals surface area contributed by atoms with Gasteiger partial charge in [0.15, 0.2) is 0 Å². The van der Waals surface area contributed by atoms with E-state index in [1.807, 2.05) is 6.92 Å². The molecule has 0 radical (unpaired) electrons. The van der Waals surface area contributed by atoms with E-state index in [9.17, 15) is 9.59 Å². The van der Waals surface area contributed by atoms with Gasteiger partial charge in [-0.25, -0.2) is 4.79 Å². The second-order valence-corrected chi connectivity index (χ2v) is 3.20. The topological polar surface area (TPSA) is 89.6 Å². The smallest absolute Gasteiger partial charge is 0.366 e. The van der Waals surface area contributed by atoms with Gasteiger partial charge in [-0.15, -0.1) is 0 Å². The van der Waals surface area contributed by atoms with Gasteiger partial charge in [-0.3, -0.25) is 9.68 Å². The maximum Gasteiger partial charge on any atom is 0.368 e. The lowest BCUT2D eigenvalue weighted by atomic mass is 10.2. The Labute approximate surface area is 95.5 Å². The van der Waals surface area contributed by atoms with Crippen molar-refractivity contribution < 1.29 is 19.7 Å². The fourth-order valence-corrected chi connectivity index (χ4v) is 0.516. The van der Waals surface area contributed by atoms with Crippen molar-refractivity contribution in [1.82, 2.24) is 0 Å². The Morgan fingerprint density at radius 1 is 1.44 bits per heavy atom. The molecule has 0 bridgehead atoms. The molecule has 0 aromatic carbocycles. The molecule has 92 valence electrons. The van der Waals surface area contributed by atoms with E-state index in [1.165, 1.54) is 0 Å². The van der Waals surface area contributed by atoms with Crippen LogP contribution in [0.25, 0.3) is 0 Å². The summed E-state index contributed by atoms with van der Waals surface area (Å²) in [5, 5.41) is 7.91. The standard InChI is InChI=1S/C7H12O3.C4H7NO/c1-3-4-5-6(2)7(8)10-9;1-3(2)4(5)6/h5,9H,3-4H2,1-2H3;1H2,2H3,(H2,5,6). The molecule has 0 aliphatic carbocycles. The number of rotatable bonds is 4. The normalized spacial score (nSPS) is 9.88. The van der Waals surface area contributed by atoms with Gasteiger partial charge in [0.2, 0.25) is 5.91 Å². The average Bonchev–Trinajstić information content (AvgIpc) is 2.25. The number of carbonyl (C=O) groups excluding carboxylic acids is 2. The maximum absolute atomic E-state index is 10.5. The fraction of sp³-hybridized carbons (Fsp3) is 0.455. The molecule has 0 spiro atoms. The predicted octanol–water partition coefficient (Wildman–Crippen LogP) is 1.80. The SMILES string of the molecule is C=C(C)C(N)=O.CCCC=C(C)C(=O)OO. The molecule has 0 aromatic rings. The Balaban J connectivity index is 0. The Morgan fingerprint density at radius 3 is 2.12 bits per heavy atom. The number of nitrogens with two attached hydrogens (primary N) is 1. The van der Waals surface area contributed by atoms with Gasteiger partial charge in [0.05, 0.1) is 0 Å².